The number of pyridine rings is 1. The SMILES string of the molecule is CC(NC(=O)C1(C)CCCCN1)c1nnc2ccccn12. The topological polar surface area (TPSA) is 71.3 Å². The fraction of sp³-hybridized carbons (Fsp3) is 0.533. The average Bonchev–Trinajstić information content (AvgIpc) is 2.92. The third kappa shape index (κ3) is 2.63. The molecule has 0 radical (unpaired) electrons. The van der Waals surface area contributed by atoms with Crippen molar-refractivity contribution in [2.24, 2.45) is 0 Å². The number of nitrogens with zero attached hydrogens (tertiary/aromatic N) is 3. The minimum Gasteiger partial charge on any atom is -0.345 e. The number of hydrogen-bond donors (Lipinski definition) is 2. The molecule has 0 aliphatic carbocycles. The number of carbonyl (C=O) groups is 1. The lowest BCUT2D eigenvalue weighted by molar-refractivity contribution is -0.128. The van der Waals surface area contributed by atoms with Crippen LogP contribution in [-0.4, -0.2) is 32.6 Å². The van der Waals surface area contributed by atoms with Gasteiger partial charge in [0.15, 0.2) is 11.5 Å². The number of aromatic nitrogens is 3. The average molecular weight is 287 g/mol. The molecule has 0 aromatic carbocycles. The molecule has 1 aliphatic rings. The molecular weight excluding hydrogens is 266 g/mol. The van der Waals surface area contributed by atoms with Gasteiger partial charge < -0.3 is 10.6 Å². The third-order valence-electron chi connectivity index (χ3n) is 4.19. The molecule has 6 heteroatoms. The number of amides is 1. The molecule has 2 N–H and O–H groups in total. The van der Waals surface area contributed by atoms with Crippen molar-refractivity contribution in [3.8, 4) is 0 Å². The van der Waals surface area contributed by atoms with E-state index in [1.165, 1.54) is 0 Å². The van der Waals surface area contributed by atoms with Crippen LogP contribution in [-0.2, 0) is 4.79 Å². The minimum atomic E-state index is -0.479. The van der Waals surface area contributed by atoms with Gasteiger partial charge in [0.05, 0.1) is 11.6 Å². The van der Waals surface area contributed by atoms with Crippen LogP contribution in [0.3, 0.4) is 0 Å². The summed E-state index contributed by atoms with van der Waals surface area (Å²) >= 11 is 0. The molecule has 2 aromatic rings. The van der Waals surface area contributed by atoms with Crippen molar-refractivity contribution < 1.29 is 4.79 Å². The van der Waals surface area contributed by atoms with Crippen LogP contribution >= 0.6 is 0 Å². The first kappa shape index (κ1) is 14.0. The number of carbonyl (C=O) groups excluding carboxylic acids is 1. The molecule has 2 unspecified atom stereocenters. The Bertz CT molecular complexity index is 644. The molecule has 1 saturated heterocycles. The van der Waals surface area contributed by atoms with E-state index in [9.17, 15) is 4.79 Å². The maximum atomic E-state index is 12.5. The van der Waals surface area contributed by atoms with Crippen LogP contribution < -0.4 is 10.6 Å². The molecule has 21 heavy (non-hydrogen) atoms. The Hall–Kier alpha value is -1.95. The predicted octanol–water partition coefficient (Wildman–Crippen LogP) is 1.44. The van der Waals surface area contributed by atoms with Crippen molar-refractivity contribution in [1.29, 1.82) is 0 Å². The van der Waals surface area contributed by atoms with E-state index in [0.717, 1.165) is 37.3 Å². The molecule has 3 rings (SSSR count). The Morgan fingerprint density at radius 3 is 3.05 bits per heavy atom. The van der Waals surface area contributed by atoms with Gasteiger partial charge in [0, 0.05) is 6.20 Å². The highest BCUT2D eigenvalue weighted by Crippen LogP contribution is 2.20. The predicted molar refractivity (Wildman–Crippen MR) is 79.8 cm³/mol. The smallest absolute Gasteiger partial charge is 0.240 e. The highest BCUT2D eigenvalue weighted by molar-refractivity contribution is 5.86. The van der Waals surface area contributed by atoms with Gasteiger partial charge in [-0.1, -0.05) is 6.07 Å². The lowest BCUT2D eigenvalue weighted by Gasteiger charge is -2.34. The van der Waals surface area contributed by atoms with Crippen LogP contribution in [0.25, 0.3) is 5.65 Å². The summed E-state index contributed by atoms with van der Waals surface area (Å²) in [4.78, 5) is 12.5. The van der Waals surface area contributed by atoms with E-state index in [4.69, 9.17) is 0 Å². The summed E-state index contributed by atoms with van der Waals surface area (Å²) in [6, 6.07) is 5.56. The summed E-state index contributed by atoms with van der Waals surface area (Å²) in [5.41, 5.74) is 0.308. The zero-order chi connectivity index (χ0) is 14.9. The van der Waals surface area contributed by atoms with E-state index in [1.54, 1.807) is 0 Å². The van der Waals surface area contributed by atoms with Crippen molar-refractivity contribution in [1.82, 2.24) is 25.2 Å². The quantitative estimate of drug-likeness (QED) is 0.896. The molecule has 0 bridgehead atoms. The van der Waals surface area contributed by atoms with Gasteiger partial charge in [-0.2, -0.15) is 0 Å². The fourth-order valence-electron chi connectivity index (χ4n) is 2.83. The maximum Gasteiger partial charge on any atom is 0.240 e. The van der Waals surface area contributed by atoms with Crippen LogP contribution in [0.2, 0.25) is 0 Å². The monoisotopic (exact) mass is 287 g/mol. The van der Waals surface area contributed by atoms with Gasteiger partial charge in [-0.3, -0.25) is 9.20 Å². The van der Waals surface area contributed by atoms with Crippen molar-refractivity contribution in [2.75, 3.05) is 6.54 Å². The molecule has 6 nitrogen and oxygen atoms in total. The fourth-order valence-corrected chi connectivity index (χ4v) is 2.83. The van der Waals surface area contributed by atoms with Gasteiger partial charge in [0.25, 0.3) is 0 Å². The molecule has 2 aromatic heterocycles. The van der Waals surface area contributed by atoms with Gasteiger partial charge in [-0.05, 0) is 51.8 Å². The van der Waals surface area contributed by atoms with E-state index in [-0.39, 0.29) is 11.9 Å². The summed E-state index contributed by atoms with van der Waals surface area (Å²) in [6.45, 7) is 4.80. The van der Waals surface area contributed by atoms with Gasteiger partial charge in [-0.15, -0.1) is 10.2 Å². The Labute approximate surface area is 123 Å². The Kier molecular flexibility index (Phi) is 3.63. The van der Waals surface area contributed by atoms with Gasteiger partial charge >= 0.3 is 0 Å². The molecular formula is C15H21N5O. The second-order valence-corrected chi connectivity index (χ2v) is 5.90. The van der Waals surface area contributed by atoms with Crippen LogP contribution in [0.1, 0.15) is 45.0 Å². The molecule has 112 valence electrons. The largest absolute Gasteiger partial charge is 0.345 e. The second-order valence-electron chi connectivity index (χ2n) is 5.90. The summed E-state index contributed by atoms with van der Waals surface area (Å²) in [6.07, 6.45) is 4.99. The third-order valence-corrected chi connectivity index (χ3v) is 4.19. The maximum absolute atomic E-state index is 12.5. The lowest BCUT2D eigenvalue weighted by atomic mass is 9.90. The minimum absolute atomic E-state index is 0.0300. The standard InChI is InChI=1S/C15H21N5O/c1-11(13-19-18-12-7-3-6-10-20(12)13)17-14(21)15(2)8-4-5-9-16-15/h3,6-7,10-11,16H,4-5,8-9H2,1-2H3,(H,17,21). The second kappa shape index (κ2) is 5.44. The Balaban J connectivity index is 1.76. The molecule has 2 atom stereocenters. The van der Waals surface area contributed by atoms with Crippen LogP contribution in [0.15, 0.2) is 24.4 Å². The highest BCUT2D eigenvalue weighted by atomic mass is 16.2. The number of fused-ring (bicyclic) bond motifs is 1. The van der Waals surface area contributed by atoms with E-state index in [2.05, 4.69) is 20.8 Å². The van der Waals surface area contributed by atoms with Crippen molar-refractivity contribution in [2.45, 2.75) is 44.7 Å². The summed E-state index contributed by atoms with van der Waals surface area (Å²) in [5, 5.41) is 14.7. The van der Waals surface area contributed by atoms with Gasteiger partial charge in [0.2, 0.25) is 5.91 Å². The normalized spacial score (nSPS) is 23.9. The van der Waals surface area contributed by atoms with Gasteiger partial charge in [0.1, 0.15) is 0 Å². The van der Waals surface area contributed by atoms with Gasteiger partial charge in [-0.25, -0.2) is 0 Å². The van der Waals surface area contributed by atoms with Crippen LogP contribution in [0.5, 0.6) is 0 Å². The first-order valence-electron chi connectivity index (χ1n) is 7.46. The Morgan fingerprint density at radius 2 is 2.29 bits per heavy atom. The van der Waals surface area contributed by atoms with E-state index < -0.39 is 5.54 Å². The zero-order valence-electron chi connectivity index (χ0n) is 12.5. The van der Waals surface area contributed by atoms with Crippen LogP contribution in [0, 0.1) is 0 Å². The first-order chi connectivity index (χ1) is 10.1. The molecule has 0 saturated carbocycles. The summed E-state index contributed by atoms with van der Waals surface area (Å²) < 4.78 is 1.90. The van der Waals surface area contributed by atoms with E-state index in [0.29, 0.717) is 0 Å². The molecule has 1 fully saturated rings. The van der Waals surface area contributed by atoms with Crippen molar-refractivity contribution >= 4 is 11.6 Å². The highest BCUT2D eigenvalue weighted by Gasteiger charge is 2.35. The Morgan fingerprint density at radius 1 is 1.43 bits per heavy atom. The number of nitrogens with one attached hydrogen (secondary N) is 2. The van der Waals surface area contributed by atoms with Crippen LogP contribution in [0.4, 0.5) is 0 Å². The number of hydrogen-bond acceptors (Lipinski definition) is 4. The van der Waals surface area contributed by atoms with Crippen molar-refractivity contribution in [3.05, 3.63) is 30.2 Å². The zero-order valence-corrected chi connectivity index (χ0v) is 12.5. The molecule has 1 amide bonds. The number of rotatable bonds is 3. The summed E-state index contributed by atoms with van der Waals surface area (Å²) in [5.74, 6) is 0.778. The molecule has 0 spiro atoms. The van der Waals surface area contributed by atoms with E-state index >= 15 is 0 Å². The lowest BCUT2D eigenvalue weighted by Crippen LogP contribution is -2.57. The van der Waals surface area contributed by atoms with Crippen molar-refractivity contribution in [3.63, 3.8) is 0 Å². The summed E-state index contributed by atoms with van der Waals surface area (Å²) in [7, 11) is 0. The molecule has 3 heterocycles. The first-order valence-corrected chi connectivity index (χ1v) is 7.46. The number of piperidine rings is 1. The van der Waals surface area contributed by atoms with E-state index in [1.807, 2.05) is 42.6 Å². The molecule has 1 aliphatic heterocycles.